The highest BCUT2D eigenvalue weighted by molar-refractivity contribution is 5.87. The van der Waals surface area contributed by atoms with Gasteiger partial charge in [-0.15, -0.1) is 0 Å². The van der Waals surface area contributed by atoms with Crippen LogP contribution in [-0.4, -0.2) is 27.7 Å². The van der Waals surface area contributed by atoms with Gasteiger partial charge in [-0.2, -0.15) is 0 Å². The van der Waals surface area contributed by atoms with Crippen LogP contribution in [0.25, 0.3) is 0 Å². The number of carbonyl (C=O) groups is 1. The van der Waals surface area contributed by atoms with Crippen molar-refractivity contribution >= 4 is 5.91 Å². The maximum absolute atomic E-state index is 15.5. The average molecular weight is 384 g/mol. The van der Waals surface area contributed by atoms with E-state index in [1.807, 2.05) is 0 Å². The van der Waals surface area contributed by atoms with Gasteiger partial charge in [0.05, 0.1) is 12.3 Å². The van der Waals surface area contributed by atoms with Gasteiger partial charge in [0.15, 0.2) is 17.5 Å². The molecule has 3 N–H and O–H groups in total. The lowest BCUT2D eigenvalue weighted by Gasteiger charge is -2.38. The van der Waals surface area contributed by atoms with Crippen LogP contribution in [0.2, 0.25) is 0 Å². The molecule has 3 rings (SSSR count). The number of aliphatic hydroxyl groups excluding tert-OH is 1. The summed E-state index contributed by atoms with van der Waals surface area (Å²) in [7, 11) is 0. The Hall–Kier alpha value is -2.52. The van der Waals surface area contributed by atoms with Gasteiger partial charge in [-0.1, -0.05) is 12.1 Å². The molecule has 9 heteroatoms. The summed E-state index contributed by atoms with van der Waals surface area (Å²) in [6.45, 7) is -1.26. The number of nitrogens with one attached hydrogen (secondary N) is 1. The fourth-order valence-corrected chi connectivity index (χ4v) is 3.14. The summed E-state index contributed by atoms with van der Waals surface area (Å²) in [5.41, 5.74) is -5.08. The Morgan fingerprint density at radius 1 is 1.19 bits per heavy atom. The van der Waals surface area contributed by atoms with Gasteiger partial charge in [0.1, 0.15) is 5.60 Å². The van der Waals surface area contributed by atoms with Gasteiger partial charge in [0, 0.05) is 23.9 Å². The molecule has 1 aliphatic carbocycles. The minimum absolute atomic E-state index is 0.157. The molecule has 0 spiro atoms. The van der Waals surface area contributed by atoms with Crippen molar-refractivity contribution in [3.8, 4) is 0 Å². The summed E-state index contributed by atoms with van der Waals surface area (Å²) in [5.74, 6) is -5.67. The van der Waals surface area contributed by atoms with E-state index in [-0.39, 0.29) is 23.2 Å². The molecule has 0 saturated carbocycles. The molecule has 5 nitrogen and oxygen atoms in total. The second-order valence-corrected chi connectivity index (χ2v) is 6.41. The van der Waals surface area contributed by atoms with Gasteiger partial charge in [-0.25, -0.2) is 17.6 Å². The van der Waals surface area contributed by atoms with Crippen LogP contribution in [0.1, 0.15) is 29.7 Å². The molecule has 0 saturated heterocycles. The first-order chi connectivity index (χ1) is 12.7. The largest absolute Gasteiger partial charge is 0.393 e. The minimum atomic E-state index is -2.58. The Morgan fingerprint density at radius 2 is 1.93 bits per heavy atom. The quantitative estimate of drug-likeness (QED) is 0.556. The summed E-state index contributed by atoms with van der Waals surface area (Å²) >= 11 is 0. The van der Waals surface area contributed by atoms with Crippen molar-refractivity contribution in [3.63, 3.8) is 0 Å². The van der Waals surface area contributed by atoms with Crippen LogP contribution in [0.3, 0.4) is 0 Å². The van der Waals surface area contributed by atoms with Crippen molar-refractivity contribution in [1.82, 2.24) is 10.3 Å². The van der Waals surface area contributed by atoms with Gasteiger partial charge >= 0.3 is 0 Å². The molecule has 0 bridgehead atoms. The molecule has 2 atom stereocenters. The standard InChI is InChI=1S/C18H16F4N2O3/c19-12-4-3-10(13(20)14(12)21)8-24-16(26)18(22)6-5-17(27,9-25)15-11(18)2-1-7-23-15/h1-4,7,25,27H,5-6,8-9H2,(H,24,26)/t17-,18+/m1/s1. The van der Waals surface area contributed by atoms with Crippen molar-refractivity contribution in [2.45, 2.75) is 30.7 Å². The lowest BCUT2D eigenvalue weighted by Crippen LogP contribution is -2.49. The Bertz CT molecular complexity index is 895. The van der Waals surface area contributed by atoms with Crippen molar-refractivity contribution in [1.29, 1.82) is 0 Å². The second kappa shape index (κ2) is 6.90. The number of hydrogen-bond donors (Lipinski definition) is 3. The summed E-state index contributed by atoms with van der Waals surface area (Å²) in [5, 5.41) is 22.0. The Morgan fingerprint density at radius 3 is 2.63 bits per heavy atom. The molecule has 2 aromatic rings. The van der Waals surface area contributed by atoms with Gasteiger partial charge < -0.3 is 15.5 Å². The van der Waals surface area contributed by atoms with Crippen LogP contribution in [0, 0.1) is 17.5 Å². The Kier molecular flexibility index (Phi) is 4.92. The predicted molar refractivity (Wildman–Crippen MR) is 85.4 cm³/mol. The van der Waals surface area contributed by atoms with Crippen LogP contribution >= 0.6 is 0 Å². The van der Waals surface area contributed by atoms with Crippen LogP contribution in [-0.2, 0) is 22.6 Å². The first-order valence-electron chi connectivity index (χ1n) is 8.12. The topological polar surface area (TPSA) is 82.5 Å². The number of rotatable bonds is 4. The molecule has 1 amide bonds. The van der Waals surface area contributed by atoms with E-state index < -0.39 is 54.2 Å². The van der Waals surface area contributed by atoms with Gasteiger partial charge in [-0.3, -0.25) is 9.78 Å². The first kappa shape index (κ1) is 19.2. The number of amides is 1. The monoisotopic (exact) mass is 384 g/mol. The highest BCUT2D eigenvalue weighted by Gasteiger charge is 2.51. The molecule has 0 fully saturated rings. The van der Waals surface area contributed by atoms with Crippen molar-refractivity contribution in [3.05, 3.63) is 64.7 Å². The van der Waals surface area contributed by atoms with Gasteiger partial charge in [0.25, 0.3) is 5.91 Å². The lowest BCUT2D eigenvalue weighted by atomic mass is 9.74. The second-order valence-electron chi connectivity index (χ2n) is 6.41. The van der Waals surface area contributed by atoms with E-state index in [4.69, 9.17) is 0 Å². The number of carbonyl (C=O) groups excluding carboxylic acids is 1. The van der Waals surface area contributed by atoms with E-state index in [0.717, 1.165) is 6.07 Å². The fraction of sp³-hybridized carbons (Fsp3) is 0.333. The van der Waals surface area contributed by atoms with Gasteiger partial charge in [0.2, 0.25) is 5.67 Å². The number of nitrogens with zero attached hydrogens (tertiary/aromatic N) is 1. The molecular formula is C18H16F4N2O3. The normalized spacial score (nSPS) is 24.4. The third-order valence-corrected chi connectivity index (χ3v) is 4.73. The predicted octanol–water partition coefficient (Wildman–Crippen LogP) is 1.95. The highest BCUT2D eigenvalue weighted by atomic mass is 19.2. The highest BCUT2D eigenvalue weighted by Crippen LogP contribution is 2.45. The number of benzene rings is 1. The zero-order chi connectivity index (χ0) is 19.8. The van der Waals surface area contributed by atoms with Crippen LogP contribution in [0.5, 0.6) is 0 Å². The third-order valence-electron chi connectivity index (χ3n) is 4.73. The smallest absolute Gasteiger partial charge is 0.262 e. The molecule has 144 valence electrons. The average Bonchev–Trinajstić information content (AvgIpc) is 2.68. The van der Waals surface area contributed by atoms with E-state index in [9.17, 15) is 28.2 Å². The summed E-state index contributed by atoms with van der Waals surface area (Å²) in [6.07, 6.45) is 0.575. The van der Waals surface area contributed by atoms with E-state index in [1.54, 1.807) is 0 Å². The number of fused-ring (bicyclic) bond motifs is 1. The molecule has 0 unspecified atom stereocenters. The number of aromatic nitrogens is 1. The number of hydrogen-bond acceptors (Lipinski definition) is 4. The van der Waals surface area contributed by atoms with Crippen LogP contribution in [0.15, 0.2) is 30.5 Å². The van der Waals surface area contributed by atoms with E-state index in [2.05, 4.69) is 10.3 Å². The van der Waals surface area contributed by atoms with Crippen molar-refractivity contribution in [2.24, 2.45) is 0 Å². The minimum Gasteiger partial charge on any atom is -0.393 e. The summed E-state index contributed by atoms with van der Waals surface area (Å²) < 4.78 is 55.5. The maximum Gasteiger partial charge on any atom is 0.262 e. The van der Waals surface area contributed by atoms with Crippen LogP contribution in [0.4, 0.5) is 17.6 Å². The number of pyridine rings is 1. The number of halogens is 4. The lowest BCUT2D eigenvalue weighted by molar-refractivity contribution is -0.138. The zero-order valence-electron chi connectivity index (χ0n) is 14.0. The van der Waals surface area contributed by atoms with Crippen molar-refractivity contribution < 1.29 is 32.6 Å². The van der Waals surface area contributed by atoms with Gasteiger partial charge in [-0.05, 0) is 25.0 Å². The van der Waals surface area contributed by atoms with E-state index >= 15 is 4.39 Å². The molecular weight excluding hydrogens is 368 g/mol. The zero-order valence-corrected chi connectivity index (χ0v) is 14.0. The Balaban J connectivity index is 1.87. The Labute approximate surface area is 151 Å². The van der Waals surface area contributed by atoms with Crippen molar-refractivity contribution in [2.75, 3.05) is 6.61 Å². The maximum atomic E-state index is 15.5. The SMILES string of the molecule is O=C(NCc1ccc(F)c(F)c1F)[C@]1(F)CC[C@@](O)(CO)c2ncccc21. The molecule has 1 aromatic heterocycles. The number of alkyl halides is 1. The third kappa shape index (κ3) is 3.17. The van der Waals surface area contributed by atoms with E-state index in [0.29, 0.717) is 6.07 Å². The molecule has 1 heterocycles. The fourth-order valence-electron chi connectivity index (χ4n) is 3.14. The summed E-state index contributed by atoms with van der Waals surface area (Å²) in [6, 6.07) is 4.28. The molecule has 1 aliphatic rings. The first-order valence-corrected chi connectivity index (χ1v) is 8.12. The molecule has 1 aromatic carbocycles. The molecule has 27 heavy (non-hydrogen) atoms. The van der Waals surface area contributed by atoms with Crippen LogP contribution < -0.4 is 5.32 Å². The van der Waals surface area contributed by atoms with E-state index in [1.165, 1.54) is 18.3 Å². The molecule has 0 radical (unpaired) electrons. The molecule has 0 aliphatic heterocycles. The number of aliphatic hydroxyl groups is 2. The summed E-state index contributed by atoms with van der Waals surface area (Å²) in [4.78, 5) is 16.4.